The van der Waals surface area contributed by atoms with Crippen molar-refractivity contribution < 1.29 is 9.53 Å². The summed E-state index contributed by atoms with van der Waals surface area (Å²) in [5.41, 5.74) is 2.75. The molecule has 27 heavy (non-hydrogen) atoms. The van der Waals surface area contributed by atoms with Gasteiger partial charge in [0.25, 0.3) is 5.91 Å². The number of amides is 1. The number of H-pyrrole nitrogens is 1. The second-order valence-electron chi connectivity index (χ2n) is 7.02. The second kappa shape index (κ2) is 7.84. The number of ether oxygens (including phenoxy) is 1. The number of aromatic nitrogens is 1. The Morgan fingerprint density at radius 1 is 1.15 bits per heavy atom. The molecule has 1 fully saturated rings. The van der Waals surface area contributed by atoms with Gasteiger partial charge in [0.2, 0.25) is 0 Å². The SMILES string of the molecule is COc1cccc(C(CNC(=O)c2cc3ccccc3[nH]2)N2CCCC2)c1. The van der Waals surface area contributed by atoms with Gasteiger partial charge in [-0.2, -0.15) is 0 Å². The number of likely N-dealkylation sites (tertiary alicyclic amines) is 1. The lowest BCUT2D eigenvalue weighted by Crippen LogP contribution is -2.36. The fourth-order valence-corrected chi connectivity index (χ4v) is 3.84. The Bertz CT molecular complexity index is 895. The molecule has 2 heterocycles. The molecule has 0 bridgehead atoms. The molecular weight excluding hydrogens is 338 g/mol. The number of aromatic amines is 1. The van der Waals surface area contributed by atoms with Crippen molar-refractivity contribution in [1.82, 2.24) is 15.2 Å². The molecule has 5 heteroatoms. The summed E-state index contributed by atoms with van der Waals surface area (Å²) in [6.07, 6.45) is 2.41. The van der Waals surface area contributed by atoms with Crippen LogP contribution in [-0.4, -0.2) is 42.5 Å². The highest BCUT2D eigenvalue weighted by Gasteiger charge is 2.24. The summed E-state index contributed by atoms with van der Waals surface area (Å²) in [7, 11) is 1.68. The van der Waals surface area contributed by atoms with Crippen LogP contribution < -0.4 is 10.1 Å². The zero-order valence-corrected chi connectivity index (χ0v) is 15.6. The summed E-state index contributed by atoms with van der Waals surface area (Å²) in [6.45, 7) is 2.69. The maximum absolute atomic E-state index is 12.7. The second-order valence-corrected chi connectivity index (χ2v) is 7.02. The van der Waals surface area contributed by atoms with E-state index in [1.807, 2.05) is 42.5 Å². The number of benzene rings is 2. The minimum absolute atomic E-state index is 0.0710. The molecule has 1 atom stereocenters. The molecule has 0 aliphatic carbocycles. The third kappa shape index (κ3) is 3.83. The van der Waals surface area contributed by atoms with Crippen LogP contribution in [0.4, 0.5) is 0 Å². The largest absolute Gasteiger partial charge is 0.497 e. The number of rotatable bonds is 6. The van der Waals surface area contributed by atoms with Crippen LogP contribution in [0.5, 0.6) is 5.75 Å². The van der Waals surface area contributed by atoms with Crippen molar-refractivity contribution in [2.75, 3.05) is 26.7 Å². The normalized spacial score (nSPS) is 15.7. The van der Waals surface area contributed by atoms with Crippen molar-refractivity contribution in [3.05, 3.63) is 65.9 Å². The number of methoxy groups -OCH3 is 1. The van der Waals surface area contributed by atoms with Crippen LogP contribution >= 0.6 is 0 Å². The molecule has 5 nitrogen and oxygen atoms in total. The number of nitrogens with one attached hydrogen (secondary N) is 2. The Morgan fingerprint density at radius 3 is 2.74 bits per heavy atom. The number of fused-ring (bicyclic) bond motifs is 1. The molecule has 1 unspecified atom stereocenters. The molecular formula is C22H25N3O2. The van der Waals surface area contributed by atoms with E-state index in [4.69, 9.17) is 4.74 Å². The first kappa shape index (κ1) is 17.6. The van der Waals surface area contributed by atoms with Crippen LogP contribution in [0.1, 0.15) is 34.9 Å². The number of carbonyl (C=O) groups excluding carboxylic acids is 1. The lowest BCUT2D eigenvalue weighted by atomic mass is 10.0. The molecule has 0 radical (unpaired) electrons. The lowest BCUT2D eigenvalue weighted by Gasteiger charge is -2.28. The van der Waals surface area contributed by atoms with E-state index in [9.17, 15) is 4.79 Å². The molecule has 2 aromatic carbocycles. The van der Waals surface area contributed by atoms with Crippen LogP contribution in [0.15, 0.2) is 54.6 Å². The summed E-state index contributed by atoms with van der Waals surface area (Å²) < 4.78 is 5.39. The van der Waals surface area contributed by atoms with Crippen LogP contribution in [0, 0.1) is 0 Å². The van der Waals surface area contributed by atoms with Gasteiger partial charge < -0.3 is 15.0 Å². The number of nitrogens with zero attached hydrogens (tertiary/aromatic N) is 1. The van der Waals surface area contributed by atoms with Crippen molar-refractivity contribution >= 4 is 16.8 Å². The first-order valence-electron chi connectivity index (χ1n) is 9.48. The molecule has 1 saturated heterocycles. The van der Waals surface area contributed by atoms with E-state index in [-0.39, 0.29) is 11.9 Å². The maximum atomic E-state index is 12.7. The van der Waals surface area contributed by atoms with E-state index >= 15 is 0 Å². The standard InChI is InChI=1S/C22H25N3O2/c1-27-18-9-6-8-17(13-18)21(25-11-4-5-12-25)15-23-22(26)20-14-16-7-2-3-10-19(16)24-20/h2-3,6-10,13-14,21,24H,4-5,11-12,15H2,1H3,(H,23,26). The fourth-order valence-electron chi connectivity index (χ4n) is 3.84. The predicted octanol–water partition coefficient (Wildman–Crippen LogP) is 3.74. The molecule has 3 aromatic rings. The van der Waals surface area contributed by atoms with E-state index in [1.54, 1.807) is 7.11 Å². The van der Waals surface area contributed by atoms with E-state index in [1.165, 1.54) is 18.4 Å². The van der Waals surface area contributed by atoms with Gasteiger partial charge in [-0.1, -0.05) is 30.3 Å². The van der Waals surface area contributed by atoms with Crippen molar-refractivity contribution in [3.8, 4) is 5.75 Å². The number of hydrogen-bond donors (Lipinski definition) is 2. The zero-order valence-electron chi connectivity index (χ0n) is 15.6. The van der Waals surface area contributed by atoms with E-state index in [0.29, 0.717) is 12.2 Å². The van der Waals surface area contributed by atoms with Crippen molar-refractivity contribution in [2.45, 2.75) is 18.9 Å². The van der Waals surface area contributed by atoms with Gasteiger partial charge in [0.1, 0.15) is 11.4 Å². The molecule has 2 N–H and O–H groups in total. The predicted molar refractivity (Wildman–Crippen MR) is 107 cm³/mol. The van der Waals surface area contributed by atoms with Gasteiger partial charge in [-0.15, -0.1) is 0 Å². The Labute approximate surface area is 159 Å². The Hall–Kier alpha value is -2.79. The highest BCUT2D eigenvalue weighted by atomic mass is 16.5. The summed E-state index contributed by atoms with van der Waals surface area (Å²) in [4.78, 5) is 18.3. The van der Waals surface area contributed by atoms with Crippen LogP contribution in [0.2, 0.25) is 0 Å². The molecule has 0 spiro atoms. The minimum atomic E-state index is -0.0710. The number of carbonyl (C=O) groups is 1. The Morgan fingerprint density at radius 2 is 1.96 bits per heavy atom. The molecule has 140 valence electrons. The van der Waals surface area contributed by atoms with E-state index < -0.39 is 0 Å². The minimum Gasteiger partial charge on any atom is -0.497 e. The fraction of sp³-hybridized carbons (Fsp3) is 0.318. The van der Waals surface area contributed by atoms with Crippen molar-refractivity contribution in [2.24, 2.45) is 0 Å². The number of hydrogen-bond acceptors (Lipinski definition) is 3. The van der Waals surface area contributed by atoms with Gasteiger partial charge in [0.15, 0.2) is 0 Å². The van der Waals surface area contributed by atoms with Crippen LogP contribution in [0.3, 0.4) is 0 Å². The molecule has 1 aliphatic heterocycles. The third-order valence-electron chi connectivity index (χ3n) is 5.29. The summed E-state index contributed by atoms with van der Waals surface area (Å²) >= 11 is 0. The molecule has 0 saturated carbocycles. The van der Waals surface area contributed by atoms with E-state index in [0.717, 1.165) is 29.7 Å². The first-order valence-corrected chi connectivity index (χ1v) is 9.48. The van der Waals surface area contributed by atoms with Crippen molar-refractivity contribution in [1.29, 1.82) is 0 Å². The van der Waals surface area contributed by atoms with E-state index in [2.05, 4.69) is 27.3 Å². The maximum Gasteiger partial charge on any atom is 0.267 e. The highest BCUT2D eigenvalue weighted by Crippen LogP contribution is 2.27. The average Bonchev–Trinajstić information content (AvgIpc) is 3.38. The van der Waals surface area contributed by atoms with Crippen LogP contribution in [0.25, 0.3) is 10.9 Å². The van der Waals surface area contributed by atoms with Gasteiger partial charge in [0, 0.05) is 17.4 Å². The van der Waals surface area contributed by atoms with Crippen LogP contribution in [-0.2, 0) is 0 Å². The average molecular weight is 363 g/mol. The zero-order chi connectivity index (χ0) is 18.6. The van der Waals surface area contributed by atoms with Crippen molar-refractivity contribution in [3.63, 3.8) is 0 Å². The third-order valence-corrected chi connectivity index (χ3v) is 5.29. The summed E-state index contributed by atoms with van der Waals surface area (Å²) in [5, 5.41) is 4.17. The summed E-state index contributed by atoms with van der Waals surface area (Å²) in [6, 6.07) is 18.1. The van der Waals surface area contributed by atoms with Gasteiger partial charge in [0.05, 0.1) is 13.2 Å². The lowest BCUT2D eigenvalue weighted by molar-refractivity contribution is 0.0933. The van der Waals surface area contributed by atoms with Gasteiger partial charge in [-0.3, -0.25) is 9.69 Å². The topological polar surface area (TPSA) is 57.4 Å². The number of para-hydroxylation sites is 1. The summed E-state index contributed by atoms with van der Waals surface area (Å²) in [5.74, 6) is 0.775. The Balaban J connectivity index is 1.51. The molecule has 1 amide bonds. The smallest absolute Gasteiger partial charge is 0.267 e. The van der Waals surface area contributed by atoms with Gasteiger partial charge >= 0.3 is 0 Å². The monoisotopic (exact) mass is 363 g/mol. The molecule has 1 aliphatic rings. The first-order chi connectivity index (χ1) is 13.2. The van der Waals surface area contributed by atoms with Gasteiger partial charge in [-0.25, -0.2) is 0 Å². The molecule has 4 rings (SSSR count). The molecule has 1 aromatic heterocycles. The Kier molecular flexibility index (Phi) is 5.12. The quantitative estimate of drug-likeness (QED) is 0.701. The van der Waals surface area contributed by atoms with Gasteiger partial charge in [-0.05, 0) is 55.8 Å². The highest BCUT2D eigenvalue weighted by molar-refractivity contribution is 5.97.